The molecule has 1 aliphatic rings. The molecule has 1 N–H and O–H groups in total. The van der Waals surface area contributed by atoms with Gasteiger partial charge in [-0.25, -0.2) is 13.4 Å². The summed E-state index contributed by atoms with van der Waals surface area (Å²) in [6.45, 7) is 6.46. The zero-order chi connectivity index (χ0) is 22.9. The number of carbonyl (C=O) groups is 1. The van der Waals surface area contributed by atoms with E-state index in [-0.39, 0.29) is 29.6 Å². The van der Waals surface area contributed by atoms with Gasteiger partial charge in [0.15, 0.2) is 5.76 Å². The molecule has 2 aromatic heterocycles. The van der Waals surface area contributed by atoms with Crippen LogP contribution >= 0.6 is 11.3 Å². The topological polar surface area (TPSA) is 102 Å². The lowest BCUT2D eigenvalue weighted by Gasteiger charge is -2.34. The van der Waals surface area contributed by atoms with Gasteiger partial charge in [-0.15, -0.1) is 11.3 Å². The van der Waals surface area contributed by atoms with E-state index in [0.717, 1.165) is 10.7 Å². The number of aryl methyl sites for hydroxylation is 1. The number of ether oxygens (including phenoxy) is 1. The van der Waals surface area contributed by atoms with Crippen molar-refractivity contribution < 1.29 is 22.4 Å². The first-order chi connectivity index (χ1) is 15.2. The molecule has 8 nitrogen and oxygen atoms in total. The summed E-state index contributed by atoms with van der Waals surface area (Å²) in [6.07, 6.45) is -0.333. The van der Waals surface area contributed by atoms with Gasteiger partial charge >= 0.3 is 0 Å². The zero-order valence-corrected chi connectivity index (χ0v) is 19.7. The first kappa shape index (κ1) is 22.7. The minimum Gasteiger partial charge on any atom is -0.458 e. The number of thiazole rings is 1. The van der Waals surface area contributed by atoms with Crippen molar-refractivity contribution in [3.63, 3.8) is 0 Å². The van der Waals surface area contributed by atoms with E-state index in [1.165, 1.54) is 28.6 Å². The Morgan fingerprint density at radius 1 is 1.16 bits per heavy atom. The standard InChI is InChI=1S/C22H25N3O5S2/c1-14-11-25(12-15(2)29-14)32(27,28)19-7-4-17(5-8-19)22(26)23-10-18-6-9-21(30-18)20-13-31-16(3)24-20/h4-9,13-15H,10-12H2,1-3H3,(H,23,26)/t14-,15-/m1/s1. The fourth-order valence-electron chi connectivity index (χ4n) is 3.61. The predicted molar refractivity (Wildman–Crippen MR) is 121 cm³/mol. The van der Waals surface area contributed by atoms with Crippen LogP contribution in [0.1, 0.15) is 35.0 Å². The summed E-state index contributed by atoms with van der Waals surface area (Å²) in [6, 6.07) is 9.57. The SMILES string of the molecule is Cc1nc(-c2ccc(CNC(=O)c3ccc(S(=O)(=O)N4C[C@@H](C)O[C@H](C)C4)cc3)o2)cs1. The highest BCUT2D eigenvalue weighted by molar-refractivity contribution is 7.89. The quantitative estimate of drug-likeness (QED) is 0.586. The number of nitrogens with zero attached hydrogens (tertiary/aromatic N) is 2. The number of carbonyl (C=O) groups excluding carboxylic acids is 1. The zero-order valence-electron chi connectivity index (χ0n) is 18.1. The molecule has 10 heteroatoms. The summed E-state index contributed by atoms with van der Waals surface area (Å²) in [5.74, 6) is 0.943. The number of furan rings is 1. The molecule has 0 unspecified atom stereocenters. The van der Waals surface area contributed by atoms with Gasteiger partial charge in [0, 0.05) is 24.0 Å². The van der Waals surface area contributed by atoms with Gasteiger partial charge in [0.1, 0.15) is 11.5 Å². The van der Waals surface area contributed by atoms with E-state index >= 15 is 0 Å². The third-order valence-corrected chi connectivity index (χ3v) is 7.72. The average Bonchev–Trinajstić information content (AvgIpc) is 3.40. The maximum atomic E-state index is 12.9. The maximum absolute atomic E-state index is 12.9. The Morgan fingerprint density at radius 3 is 2.47 bits per heavy atom. The molecule has 1 aliphatic heterocycles. The molecule has 4 rings (SSSR count). The molecule has 3 heterocycles. The molecule has 2 atom stereocenters. The van der Waals surface area contributed by atoms with Crippen LogP contribution in [0.25, 0.3) is 11.5 Å². The Kier molecular flexibility index (Phi) is 6.47. The summed E-state index contributed by atoms with van der Waals surface area (Å²) in [7, 11) is -3.65. The number of benzene rings is 1. The average molecular weight is 476 g/mol. The van der Waals surface area contributed by atoms with Gasteiger partial charge in [0.05, 0.1) is 28.7 Å². The van der Waals surface area contributed by atoms with E-state index in [1.54, 1.807) is 17.4 Å². The molecule has 170 valence electrons. The molecule has 0 spiro atoms. The Hall–Kier alpha value is -2.53. The minimum atomic E-state index is -3.65. The molecule has 1 aromatic carbocycles. The van der Waals surface area contributed by atoms with Crippen LogP contribution in [0.3, 0.4) is 0 Å². The van der Waals surface area contributed by atoms with Crippen LogP contribution in [0.4, 0.5) is 0 Å². The second-order valence-electron chi connectivity index (χ2n) is 7.80. The van der Waals surface area contributed by atoms with Crippen LogP contribution < -0.4 is 5.32 Å². The van der Waals surface area contributed by atoms with E-state index in [9.17, 15) is 13.2 Å². The van der Waals surface area contributed by atoms with Gasteiger partial charge < -0.3 is 14.5 Å². The number of aromatic nitrogens is 1. The molecule has 32 heavy (non-hydrogen) atoms. The fourth-order valence-corrected chi connectivity index (χ4v) is 5.80. The van der Waals surface area contributed by atoms with Crippen LogP contribution in [0, 0.1) is 6.92 Å². The lowest BCUT2D eigenvalue weighted by Crippen LogP contribution is -2.48. The van der Waals surface area contributed by atoms with Gasteiger partial charge in [-0.1, -0.05) is 0 Å². The summed E-state index contributed by atoms with van der Waals surface area (Å²) < 4.78 is 38.7. The summed E-state index contributed by atoms with van der Waals surface area (Å²) >= 11 is 1.54. The van der Waals surface area contributed by atoms with E-state index in [1.807, 2.05) is 32.2 Å². The van der Waals surface area contributed by atoms with Crippen molar-refractivity contribution in [2.45, 2.75) is 44.4 Å². The molecule has 1 saturated heterocycles. The third kappa shape index (κ3) is 4.93. The summed E-state index contributed by atoms with van der Waals surface area (Å²) in [4.78, 5) is 17.0. The van der Waals surface area contributed by atoms with Gasteiger partial charge in [-0.3, -0.25) is 4.79 Å². The molecule has 0 aliphatic carbocycles. The number of sulfonamides is 1. The van der Waals surface area contributed by atoms with Crippen LogP contribution in [-0.4, -0.2) is 48.9 Å². The largest absolute Gasteiger partial charge is 0.458 e. The lowest BCUT2D eigenvalue weighted by molar-refractivity contribution is -0.0440. The molecular formula is C22H25N3O5S2. The molecule has 0 saturated carbocycles. The Balaban J connectivity index is 1.38. The highest BCUT2D eigenvalue weighted by atomic mass is 32.2. The van der Waals surface area contributed by atoms with Crippen molar-refractivity contribution in [1.82, 2.24) is 14.6 Å². The number of morpholine rings is 1. The van der Waals surface area contributed by atoms with Crippen LogP contribution in [0.5, 0.6) is 0 Å². The summed E-state index contributed by atoms with van der Waals surface area (Å²) in [5, 5.41) is 5.67. The van der Waals surface area contributed by atoms with Crippen LogP contribution in [0.15, 0.2) is 51.1 Å². The summed E-state index contributed by atoms with van der Waals surface area (Å²) in [5.41, 5.74) is 1.14. The second-order valence-corrected chi connectivity index (χ2v) is 10.8. The van der Waals surface area contributed by atoms with Gasteiger partial charge in [0.2, 0.25) is 10.0 Å². The van der Waals surface area contributed by atoms with E-state index in [2.05, 4.69) is 10.3 Å². The second kappa shape index (κ2) is 9.14. The minimum absolute atomic E-state index is 0.157. The van der Waals surface area contributed by atoms with Crippen LogP contribution in [-0.2, 0) is 21.3 Å². The van der Waals surface area contributed by atoms with Crippen molar-refractivity contribution in [3.05, 3.63) is 58.1 Å². The maximum Gasteiger partial charge on any atom is 0.251 e. The Morgan fingerprint density at radius 2 is 1.84 bits per heavy atom. The molecule has 0 bridgehead atoms. The monoisotopic (exact) mass is 475 g/mol. The number of nitrogens with one attached hydrogen (secondary N) is 1. The van der Waals surface area contributed by atoms with Crippen molar-refractivity contribution in [2.24, 2.45) is 0 Å². The van der Waals surface area contributed by atoms with E-state index in [4.69, 9.17) is 9.15 Å². The van der Waals surface area contributed by atoms with Crippen molar-refractivity contribution in [2.75, 3.05) is 13.1 Å². The van der Waals surface area contributed by atoms with Gasteiger partial charge in [-0.2, -0.15) is 4.31 Å². The Labute approximate surface area is 191 Å². The number of hydrogen-bond donors (Lipinski definition) is 1. The van der Waals surface area contributed by atoms with E-state index in [0.29, 0.717) is 30.2 Å². The molecule has 3 aromatic rings. The number of hydrogen-bond acceptors (Lipinski definition) is 7. The normalized spacial score (nSPS) is 19.7. The smallest absolute Gasteiger partial charge is 0.251 e. The Bertz CT molecular complexity index is 1190. The lowest BCUT2D eigenvalue weighted by atomic mass is 10.2. The first-order valence-corrected chi connectivity index (χ1v) is 12.6. The van der Waals surface area contributed by atoms with Crippen molar-refractivity contribution in [3.8, 4) is 11.5 Å². The third-order valence-electron chi connectivity index (χ3n) is 5.10. The van der Waals surface area contributed by atoms with Crippen molar-refractivity contribution in [1.29, 1.82) is 0 Å². The molecular weight excluding hydrogens is 450 g/mol. The number of rotatable bonds is 6. The fraction of sp³-hybridized carbons (Fsp3) is 0.364. The number of amides is 1. The molecule has 0 radical (unpaired) electrons. The van der Waals surface area contributed by atoms with Gasteiger partial charge in [-0.05, 0) is 57.2 Å². The van der Waals surface area contributed by atoms with E-state index < -0.39 is 10.0 Å². The van der Waals surface area contributed by atoms with Crippen molar-refractivity contribution >= 4 is 27.3 Å². The highest BCUT2D eigenvalue weighted by Gasteiger charge is 2.32. The van der Waals surface area contributed by atoms with Crippen LogP contribution in [0.2, 0.25) is 0 Å². The molecule has 1 fully saturated rings. The first-order valence-electron chi connectivity index (χ1n) is 10.3. The predicted octanol–water partition coefficient (Wildman–Crippen LogP) is 3.44. The molecule has 1 amide bonds. The van der Waals surface area contributed by atoms with Gasteiger partial charge in [0.25, 0.3) is 5.91 Å². The highest BCUT2D eigenvalue weighted by Crippen LogP contribution is 2.24.